The standard InChI is InChI=1S/C25H23NO/c1-18-10-9-15-22(16-18)19(2)17-23-26-24(20-11-5-3-6-12-20)25(27-23)21-13-7-4-8-14-21/h3-16,19H,17H2,1-2H3. The summed E-state index contributed by atoms with van der Waals surface area (Å²) in [6.07, 6.45) is 0.774. The van der Waals surface area contributed by atoms with E-state index in [1.807, 2.05) is 36.4 Å². The lowest BCUT2D eigenvalue weighted by molar-refractivity contribution is 0.488. The highest BCUT2D eigenvalue weighted by Gasteiger charge is 2.18. The first kappa shape index (κ1) is 17.3. The van der Waals surface area contributed by atoms with Gasteiger partial charge in [0.2, 0.25) is 0 Å². The molecule has 0 N–H and O–H groups in total. The van der Waals surface area contributed by atoms with Crippen LogP contribution in [0.25, 0.3) is 22.6 Å². The molecule has 0 spiro atoms. The van der Waals surface area contributed by atoms with Crippen LogP contribution in [0, 0.1) is 6.92 Å². The molecular formula is C25H23NO. The van der Waals surface area contributed by atoms with Crippen molar-refractivity contribution < 1.29 is 4.42 Å². The summed E-state index contributed by atoms with van der Waals surface area (Å²) < 4.78 is 6.27. The number of nitrogens with zero attached hydrogens (tertiary/aromatic N) is 1. The summed E-state index contributed by atoms with van der Waals surface area (Å²) in [5.41, 5.74) is 5.64. The SMILES string of the molecule is Cc1cccc(C(C)Cc2nc(-c3ccccc3)c(-c3ccccc3)o2)c1. The Balaban J connectivity index is 1.71. The molecule has 0 fully saturated rings. The van der Waals surface area contributed by atoms with Gasteiger partial charge in [-0.05, 0) is 18.4 Å². The molecule has 27 heavy (non-hydrogen) atoms. The minimum absolute atomic E-state index is 0.343. The molecule has 0 saturated carbocycles. The van der Waals surface area contributed by atoms with Crippen molar-refractivity contribution in [3.63, 3.8) is 0 Å². The van der Waals surface area contributed by atoms with Crippen molar-refractivity contribution in [1.82, 2.24) is 4.98 Å². The van der Waals surface area contributed by atoms with Crippen LogP contribution in [0.15, 0.2) is 89.3 Å². The average Bonchev–Trinajstić information content (AvgIpc) is 3.13. The van der Waals surface area contributed by atoms with E-state index >= 15 is 0 Å². The van der Waals surface area contributed by atoms with Gasteiger partial charge in [-0.2, -0.15) is 0 Å². The van der Waals surface area contributed by atoms with Crippen molar-refractivity contribution in [2.45, 2.75) is 26.2 Å². The smallest absolute Gasteiger partial charge is 0.196 e. The summed E-state index contributed by atoms with van der Waals surface area (Å²) in [5.74, 6) is 1.96. The Hall–Kier alpha value is -3.13. The van der Waals surface area contributed by atoms with Crippen molar-refractivity contribution in [2.24, 2.45) is 0 Å². The third-order valence-electron chi connectivity index (χ3n) is 4.85. The predicted octanol–water partition coefficient (Wildman–Crippen LogP) is 6.66. The van der Waals surface area contributed by atoms with Crippen LogP contribution in [0.5, 0.6) is 0 Å². The van der Waals surface area contributed by atoms with Crippen LogP contribution in [0.4, 0.5) is 0 Å². The lowest BCUT2D eigenvalue weighted by Gasteiger charge is -2.10. The molecule has 4 rings (SSSR count). The molecule has 4 aromatic rings. The van der Waals surface area contributed by atoms with Crippen LogP contribution in [0.2, 0.25) is 0 Å². The zero-order valence-corrected chi connectivity index (χ0v) is 15.7. The molecule has 1 unspecified atom stereocenters. The molecule has 0 bridgehead atoms. The summed E-state index contributed by atoms with van der Waals surface area (Å²) in [5, 5.41) is 0. The fraction of sp³-hybridized carbons (Fsp3) is 0.160. The molecule has 2 nitrogen and oxygen atoms in total. The summed E-state index contributed by atoms with van der Waals surface area (Å²) >= 11 is 0. The number of oxazole rings is 1. The van der Waals surface area contributed by atoms with Crippen LogP contribution in [-0.2, 0) is 6.42 Å². The highest BCUT2D eigenvalue weighted by molar-refractivity contribution is 5.76. The van der Waals surface area contributed by atoms with Gasteiger partial charge in [-0.15, -0.1) is 0 Å². The van der Waals surface area contributed by atoms with Gasteiger partial charge in [-0.1, -0.05) is 97.4 Å². The second kappa shape index (κ2) is 7.63. The van der Waals surface area contributed by atoms with Gasteiger partial charge in [-0.25, -0.2) is 4.98 Å². The number of benzene rings is 3. The second-order valence-corrected chi connectivity index (χ2v) is 7.04. The van der Waals surface area contributed by atoms with Crippen LogP contribution in [0.3, 0.4) is 0 Å². The lowest BCUT2D eigenvalue weighted by Crippen LogP contribution is -1.99. The maximum absolute atomic E-state index is 6.27. The van der Waals surface area contributed by atoms with E-state index < -0.39 is 0 Å². The first-order valence-electron chi connectivity index (χ1n) is 9.38. The van der Waals surface area contributed by atoms with Crippen molar-refractivity contribution in [3.05, 3.63) is 102 Å². The first-order chi connectivity index (χ1) is 13.2. The summed E-state index contributed by atoms with van der Waals surface area (Å²) in [6.45, 7) is 4.35. The summed E-state index contributed by atoms with van der Waals surface area (Å²) in [6, 6.07) is 29.1. The van der Waals surface area contributed by atoms with Gasteiger partial charge >= 0.3 is 0 Å². The fourth-order valence-corrected chi connectivity index (χ4v) is 3.39. The van der Waals surface area contributed by atoms with E-state index in [0.717, 1.165) is 34.9 Å². The van der Waals surface area contributed by atoms with Crippen LogP contribution >= 0.6 is 0 Å². The van der Waals surface area contributed by atoms with E-state index in [2.05, 4.69) is 62.4 Å². The molecule has 1 heterocycles. The number of aryl methyl sites for hydroxylation is 1. The number of hydrogen-bond donors (Lipinski definition) is 0. The monoisotopic (exact) mass is 353 g/mol. The van der Waals surface area contributed by atoms with Gasteiger partial charge in [0.25, 0.3) is 0 Å². The second-order valence-electron chi connectivity index (χ2n) is 7.04. The van der Waals surface area contributed by atoms with E-state index in [1.165, 1.54) is 11.1 Å². The maximum Gasteiger partial charge on any atom is 0.196 e. The Kier molecular flexibility index (Phi) is 4.88. The number of hydrogen-bond acceptors (Lipinski definition) is 2. The molecule has 3 aromatic carbocycles. The summed E-state index contributed by atoms with van der Waals surface area (Å²) in [4.78, 5) is 4.88. The average molecular weight is 353 g/mol. The highest BCUT2D eigenvalue weighted by atomic mass is 16.4. The molecule has 0 saturated heterocycles. The zero-order valence-electron chi connectivity index (χ0n) is 15.7. The molecule has 2 heteroatoms. The molecule has 1 atom stereocenters. The topological polar surface area (TPSA) is 26.0 Å². The quantitative estimate of drug-likeness (QED) is 0.401. The molecular weight excluding hydrogens is 330 g/mol. The molecule has 0 aliphatic heterocycles. The summed E-state index contributed by atoms with van der Waals surface area (Å²) in [7, 11) is 0. The van der Waals surface area contributed by atoms with E-state index in [0.29, 0.717) is 5.92 Å². The van der Waals surface area contributed by atoms with E-state index in [-0.39, 0.29) is 0 Å². The Labute approximate surface area is 160 Å². The Morgan fingerprint density at radius 1 is 0.815 bits per heavy atom. The molecule has 134 valence electrons. The third kappa shape index (κ3) is 3.85. The van der Waals surface area contributed by atoms with Gasteiger partial charge in [0, 0.05) is 17.5 Å². The number of aromatic nitrogens is 1. The zero-order chi connectivity index (χ0) is 18.6. The lowest BCUT2D eigenvalue weighted by atomic mass is 9.96. The van der Waals surface area contributed by atoms with Gasteiger partial charge < -0.3 is 4.42 Å². The van der Waals surface area contributed by atoms with Crippen molar-refractivity contribution in [1.29, 1.82) is 0 Å². The first-order valence-corrected chi connectivity index (χ1v) is 9.38. The number of rotatable bonds is 5. The molecule has 0 amide bonds. The normalized spacial score (nSPS) is 12.1. The van der Waals surface area contributed by atoms with Gasteiger partial charge in [0.15, 0.2) is 11.7 Å². The third-order valence-corrected chi connectivity index (χ3v) is 4.85. The molecule has 0 aliphatic carbocycles. The fourth-order valence-electron chi connectivity index (χ4n) is 3.39. The Bertz CT molecular complexity index is 962. The molecule has 0 radical (unpaired) electrons. The van der Waals surface area contributed by atoms with E-state index in [1.54, 1.807) is 0 Å². The van der Waals surface area contributed by atoms with Crippen molar-refractivity contribution in [3.8, 4) is 22.6 Å². The van der Waals surface area contributed by atoms with Crippen LogP contribution in [0.1, 0.15) is 29.9 Å². The highest BCUT2D eigenvalue weighted by Crippen LogP contribution is 2.34. The van der Waals surface area contributed by atoms with Gasteiger partial charge in [0.1, 0.15) is 5.69 Å². The Morgan fingerprint density at radius 2 is 1.48 bits per heavy atom. The molecule has 0 aliphatic rings. The van der Waals surface area contributed by atoms with Crippen molar-refractivity contribution in [2.75, 3.05) is 0 Å². The maximum atomic E-state index is 6.27. The minimum Gasteiger partial charge on any atom is -0.440 e. The van der Waals surface area contributed by atoms with Crippen LogP contribution < -0.4 is 0 Å². The largest absolute Gasteiger partial charge is 0.440 e. The predicted molar refractivity (Wildman–Crippen MR) is 111 cm³/mol. The van der Waals surface area contributed by atoms with E-state index in [4.69, 9.17) is 9.40 Å². The van der Waals surface area contributed by atoms with Crippen LogP contribution in [-0.4, -0.2) is 4.98 Å². The molecule has 1 aromatic heterocycles. The van der Waals surface area contributed by atoms with Crippen molar-refractivity contribution >= 4 is 0 Å². The van der Waals surface area contributed by atoms with Gasteiger partial charge in [-0.3, -0.25) is 0 Å². The Morgan fingerprint density at radius 3 is 2.15 bits per heavy atom. The van der Waals surface area contributed by atoms with Gasteiger partial charge in [0.05, 0.1) is 0 Å². The van der Waals surface area contributed by atoms with E-state index in [9.17, 15) is 0 Å². The minimum atomic E-state index is 0.343.